The first-order chi connectivity index (χ1) is 11.5. The number of carbonyl (C=O) groups excluding carboxylic acids is 3. The number of furan rings is 1. The Bertz CT molecular complexity index is 526. The summed E-state index contributed by atoms with van der Waals surface area (Å²) in [5.41, 5.74) is 0. The van der Waals surface area contributed by atoms with E-state index in [1.54, 1.807) is 24.0 Å². The van der Waals surface area contributed by atoms with Crippen LogP contribution in [0.25, 0.3) is 0 Å². The second-order valence-electron chi connectivity index (χ2n) is 5.24. The summed E-state index contributed by atoms with van der Waals surface area (Å²) >= 11 is 0. The van der Waals surface area contributed by atoms with Gasteiger partial charge in [0.25, 0.3) is 0 Å². The lowest BCUT2D eigenvalue weighted by molar-refractivity contribution is -0.130. The Kier molecular flexibility index (Phi) is 8.38. The van der Waals surface area contributed by atoms with Gasteiger partial charge in [0.1, 0.15) is 11.8 Å². The molecule has 0 saturated heterocycles. The van der Waals surface area contributed by atoms with Crippen molar-refractivity contribution >= 4 is 17.8 Å². The van der Waals surface area contributed by atoms with E-state index in [1.165, 1.54) is 6.26 Å². The number of hydrogen-bond donors (Lipinski definition) is 3. The Balaban J connectivity index is 2.23. The van der Waals surface area contributed by atoms with E-state index in [0.717, 1.165) is 0 Å². The number of carbonyl (C=O) groups is 3. The lowest BCUT2D eigenvalue weighted by atomic mass is 10.3. The minimum absolute atomic E-state index is 0.00969. The molecule has 1 heterocycles. The smallest absolute Gasteiger partial charge is 0.315 e. The molecule has 0 aliphatic rings. The second kappa shape index (κ2) is 10.3. The Morgan fingerprint density at radius 1 is 1.21 bits per heavy atom. The zero-order chi connectivity index (χ0) is 17.9. The molecule has 4 amide bonds. The quantitative estimate of drug-likeness (QED) is 0.621. The average Bonchev–Trinajstić information content (AvgIpc) is 3.07. The molecule has 0 saturated carbocycles. The van der Waals surface area contributed by atoms with Gasteiger partial charge >= 0.3 is 6.03 Å². The minimum atomic E-state index is -0.696. The maximum atomic E-state index is 11.9. The highest BCUT2D eigenvalue weighted by Gasteiger charge is 2.16. The van der Waals surface area contributed by atoms with Gasteiger partial charge in [-0.25, -0.2) is 4.79 Å². The minimum Gasteiger partial charge on any atom is -0.467 e. The zero-order valence-electron chi connectivity index (χ0n) is 14.4. The molecule has 134 valence electrons. The molecule has 0 unspecified atom stereocenters. The van der Waals surface area contributed by atoms with Gasteiger partial charge in [-0.1, -0.05) is 0 Å². The fourth-order valence-corrected chi connectivity index (χ4v) is 2.07. The number of rotatable bonds is 9. The lowest BCUT2D eigenvalue weighted by Crippen LogP contribution is -2.48. The molecule has 0 fully saturated rings. The molecule has 0 spiro atoms. The van der Waals surface area contributed by atoms with E-state index in [0.29, 0.717) is 18.8 Å². The highest BCUT2D eigenvalue weighted by molar-refractivity contribution is 5.86. The summed E-state index contributed by atoms with van der Waals surface area (Å²) in [6.07, 6.45) is 1.75. The molecule has 0 aliphatic heterocycles. The van der Waals surface area contributed by atoms with Crippen molar-refractivity contribution in [1.29, 1.82) is 0 Å². The highest BCUT2D eigenvalue weighted by atomic mass is 16.3. The van der Waals surface area contributed by atoms with Crippen molar-refractivity contribution in [2.24, 2.45) is 0 Å². The first kappa shape index (κ1) is 19.5. The summed E-state index contributed by atoms with van der Waals surface area (Å²) < 4.78 is 5.11. The molecule has 0 bridgehead atoms. The molecule has 1 rings (SSSR count). The predicted octanol–water partition coefficient (Wildman–Crippen LogP) is 0.842. The van der Waals surface area contributed by atoms with Crippen LogP contribution in [0.3, 0.4) is 0 Å². The third-order valence-electron chi connectivity index (χ3n) is 3.50. The summed E-state index contributed by atoms with van der Waals surface area (Å²) in [5, 5.41) is 7.76. The van der Waals surface area contributed by atoms with Crippen LogP contribution < -0.4 is 16.0 Å². The third kappa shape index (κ3) is 6.72. The standard InChI is InChI=1S/C16H26N4O4/c1-4-20(5-2)14(21)8-9-17-16(23)19-12(3)15(22)18-11-13-7-6-10-24-13/h6-7,10,12H,4-5,8-9,11H2,1-3H3,(H,18,22)(H2,17,19,23)/t12-/m1/s1. The summed E-state index contributed by atoms with van der Waals surface area (Å²) in [6, 6.07) is 2.30. The molecule has 8 nitrogen and oxygen atoms in total. The Morgan fingerprint density at radius 3 is 2.50 bits per heavy atom. The number of amides is 4. The average molecular weight is 338 g/mol. The van der Waals surface area contributed by atoms with Crippen molar-refractivity contribution in [3.63, 3.8) is 0 Å². The van der Waals surface area contributed by atoms with Gasteiger partial charge in [0.2, 0.25) is 11.8 Å². The Morgan fingerprint density at radius 2 is 1.92 bits per heavy atom. The number of nitrogens with zero attached hydrogens (tertiary/aromatic N) is 1. The molecule has 0 aliphatic carbocycles. The number of urea groups is 1. The molecule has 1 atom stereocenters. The third-order valence-corrected chi connectivity index (χ3v) is 3.50. The maximum absolute atomic E-state index is 11.9. The van der Waals surface area contributed by atoms with Gasteiger partial charge in [0.15, 0.2) is 0 Å². The van der Waals surface area contributed by atoms with Crippen LogP contribution in [-0.2, 0) is 16.1 Å². The highest BCUT2D eigenvalue weighted by Crippen LogP contribution is 1.98. The van der Waals surface area contributed by atoms with E-state index >= 15 is 0 Å². The molecule has 3 N–H and O–H groups in total. The van der Waals surface area contributed by atoms with E-state index < -0.39 is 12.1 Å². The molecule has 1 aromatic rings. The number of nitrogens with one attached hydrogen (secondary N) is 3. The van der Waals surface area contributed by atoms with E-state index in [2.05, 4.69) is 16.0 Å². The van der Waals surface area contributed by atoms with Crippen LogP contribution in [0.15, 0.2) is 22.8 Å². The molecular formula is C16H26N4O4. The fourth-order valence-electron chi connectivity index (χ4n) is 2.07. The van der Waals surface area contributed by atoms with Gasteiger partial charge in [0.05, 0.1) is 12.8 Å². The van der Waals surface area contributed by atoms with E-state index in [1.807, 2.05) is 13.8 Å². The summed E-state index contributed by atoms with van der Waals surface area (Å²) in [4.78, 5) is 37.1. The van der Waals surface area contributed by atoms with Crippen LogP contribution in [-0.4, -0.2) is 48.4 Å². The van der Waals surface area contributed by atoms with Gasteiger partial charge in [-0.2, -0.15) is 0 Å². The normalized spacial score (nSPS) is 11.5. The van der Waals surface area contributed by atoms with Crippen LogP contribution in [0.4, 0.5) is 4.79 Å². The van der Waals surface area contributed by atoms with Gasteiger partial charge < -0.3 is 25.3 Å². The second-order valence-corrected chi connectivity index (χ2v) is 5.24. The van der Waals surface area contributed by atoms with Crippen molar-refractivity contribution in [2.75, 3.05) is 19.6 Å². The lowest BCUT2D eigenvalue weighted by Gasteiger charge is -2.19. The molecule has 24 heavy (non-hydrogen) atoms. The van der Waals surface area contributed by atoms with Crippen LogP contribution in [0, 0.1) is 0 Å². The van der Waals surface area contributed by atoms with Crippen molar-refractivity contribution in [3.05, 3.63) is 24.2 Å². The van der Waals surface area contributed by atoms with Crippen molar-refractivity contribution in [3.8, 4) is 0 Å². The molecular weight excluding hydrogens is 312 g/mol. The van der Waals surface area contributed by atoms with Crippen LogP contribution in [0.5, 0.6) is 0 Å². The summed E-state index contributed by atoms with van der Waals surface area (Å²) in [7, 11) is 0. The topological polar surface area (TPSA) is 104 Å². The summed E-state index contributed by atoms with van der Waals surface area (Å²) in [5.74, 6) is 0.306. The largest absolute Gasteiger partial charge is 0.467 e. The van der Waals surface area contributed by atoms with E-state index in [-0.39, 0.29) is 31.3 Å². The van der Waals surface area contributed by atoms with Gasteiger partial charge in [0, 0.05) is 26.1 Å². The van der Waals surface area contributed by atoms with Gasteiger partial charge in [-0.05, 0) is 32.9 Å². The first-order valence-electron chi connectivity index (χ1n) is 8.10. The molecule has 1 aromatic heterocycles. The van der Waals surface area contributed by atoms with Crippen molar-refractivity contribution < 1.29 is 18.8 Å². The Hall–Kier alpha value is -2.51. The van der Waals surface area contributed by atoms with E-state index in [4.69, 9.17) is 4.42 Å². The predicted molar refractivity (Wildman–Crippen MR) is 89.1 cm³/mol. The first-order valence-corrected chi connectivity index (χ1v) is 8.10. The van der Waals surface area contributed by atoms with Crippen molar-refractivity contribution in [1.82, 2.24) is 20.9 Å². The van der Waals surface area contributed by atoms with Gasteiger partial charge in [-0.3, -0.25) is 9.59 Å². The monoisotopic (exact) mass is 338 g/mol. The van der Waals surface area contributed by atoms with Crippen LogP contribution >= 0.6 is 0 Å². The van der Waals surface area contributed by atoms with Crippen LogP contribution in [0.2, 0.25) is 0 Å². The number of hydrogen-bond acceptors (Lipinski definition) is 4. The van der Waals surface area contributed by atoms with Crippen molar-refractivity contribution in [2.45, 2.75) is 39.8 Å². The zero-order valence-corrected chi connectivity index (χ0v) is 14.4. The maximum Gasteiger partial charge on any atom is 0.315 e. The van der Waals surface area contributed by atoms with Crippen LogP contribution in [0.1, 0.15) is 33.0 Å². The Labute approximate surface area is 141 Å². The molecule has 0 aromatic carbocycles. The summed E-state index contributed by atoms with van der Waals surface area (Å²) in [6.45, 7) is 7.18. The fraction of sp³-hybridized carbons (Fsp3) is 0.562. The van der Waals surface area contributed by atoms with E-state index in [9.17, 15) is 14.4 Å². The van der Waals surface area contributed by atoms with Gasteiger partial charge in [-0.15, -0.1) is 0 Å². The molecule has 8 heteroatoms. The SMILES string of the molecule is CCN(CC)C(=O)CCNC(=O)N[C@H](C)C(=O)NCc1ccco1. The molecule has 0 radical (unpaired) electrons.